The third-order valence-corrected chi connectivity index (χ3v) is 5.14. The molecule has 1 heterocycles. The van der Waals surface area contributed by atoms with Crippen molar-refractivity contribution in [1.82, 2.24) is 0 Å². The average molecular weight is 216 g/mol. The van der Waals surface area contributed by atoms with E-state index in [2.05, 4.69) is 26.6 Å². The van der Waals surface area contributed by atoms with Crippen molar-refractivity contribution in [3.05, 3.63) is 0 Å². The zero-order valence-electron chi connectivity index (χ0n) is 10.1. The number of epoxide rings is 1. The summed E-state index contributed by atoms with van der Waals surface area (Å²) in [5, 5.41) is 10.2. The molecule has 0 aromatic rings. The fraction of sp³-hybridized carbons (Fsp3) is 1.00. The van der Waals surface area contributed by atoms with Gasteiger partial charge in [0.25, 0.3) is 0 Å². The Morgan fingerprint density at radius 2 is 1.93 bits per heavy atom. The van der Waals surface area contributed by atoms with E-state index in [1.54, 1.807) is 0 Å². The molecule has 1 aliphatic heterocycles. The monoisotopic (exact) mass is 216 g/mol. The highest BCUT2D eigenvalue weighted by Gasteiger charge is 2.56. The lowest BCUT2D eigenvalue weighted by Gasteiger charge is -2.22. The van der Waals surface area contributed by atoms with E-state index in [1.165, 1.54) is 0 Å². The van der Waals surface area contributed by atoms with Crippen LogP contribution in [0.1, 0.15) is 33.1 Å². The highest BCUT2D eigenvalue weighted by molar-refractivity contribution is 6.78. The second-order valence-electron chi connectivity index (χ2n) is 5.80. The van der Waals surface area contributed by atoms with Gasteiger partial charge in [0.2, 0.25) is 0 Å². The molecule has 3 atom stereocenters. The first kappa shape index (κ1) is 12.2. The van der Waals surface area contributed by atoms with Gasteiger partial charge in [-0.3, -0.25) is 0 Å². The predicted molar refractivity (Wildman–Crippen MR) is 62.2 cm³/mol. The topological polar surface area (TPSA) is 32.8 Å². The maximum Gasteiger partial charge on any atom is 0.109 e. The quantitative estimate of drug-likeness (QED) is 0.566. The molecule has 1 saturated heterocycles. The highest BCUT2D eigenvalue weighted by atomic mass is 28.3. The molecule has 0 spiro atoms. The maximum atomic E-state index is 10.2. The second kappa shape index (κ2) is 3.95. The van der Waals surface area contributed by atoms with Crippen molar-refractivity contribution in [3.63, 3.8) is 0 Å². The molecule has 0 aromatic carbocycles. The molecule has 0 aromatic heterocycles. The van der Waals surface area contributed by atoms with Crippen molar-refractivity contribution >= 4 is 8.07 Å². The molecule has 0 radical (unpaired) electrons. The van der Waals surface area contributed by atoms with Crippen LogP contribution in [0.5, 0.6) is 0 Å². The molecule has 1 N–H and O–H groups in total. The molecule has 3 heteroatoms. The lowest BCUT2D eigenvalue weighted by Crippen LogP contribution is -2.39. The van der Waals surface area contributed by atoms with E-state index in [0.717, 1.165) is 19.3 Å². The lowest BCUT2D eigenvalue weighted by atomic mass is 9.96. The van der Waals surface area contributed by atoms with Crippen molar-refractivity contribution in [2.45, 2.75) is 70.2 Å². The van der Waals surface area contributed by atoms with E-state index in [9.17, 15) is 5.11 Å². The van der Waals surface area contributed by atoms with E-state index in [0.29, 0.717) is 5.73 Å². The summed E-state index contributed by atoms with van der Waals surface area (Å²) in [6.07, 6.45) is 3.21. The summed E-state index contributed by atoms with van der Waals surface area (Å²) < 4.78 is 5.65. The van der Waals surface area contributed by atoms with Gasteiger partial charge >= 0.3 is 0 Å². The predicted octanol–water partition coefficient (Wildman–Crippen LogP) is 2.57. The minimum atomic E-state index is -1.22. The Morgan fingerprint density at radius 1 is 1.36 bits per heavy atom. The first-order valence-corrected chi connectivity index (χ1v) is 9.24. The van der Waals surface area contributed by atoms with Crippen LogP contribution in [-0.2, 0) is 4.74 Å². The van der Waals surface area contributed by atoms with Crippen LogP contribution in [-0.4, -0.2) is 30.6 Å². The van der Waals surface area contributed by atoms with E-state index in [4.69, 9.17) is 4.74 Å². The van der Waals surface area contributed by atoms with Crippen LogP contribution in [0.2, 0.25) is 19.6 Å². The van der Waals surface area contributed by atoms with Crippen LogP contribution < -0.4 is 0 Å². The number of rotatable bonds is 5. The molecule has 0 amide bonds. The number of ether oxygens (including phenoxy) is 1. The van der Waals surface area contributed by atoms with Crippen LogP contribution in [0.4, 0.5) is 0 Å². The van der Waals surface area contributed by atoms with E-state index in [-0.39, 0.29) is 6.10 Å². The number of unbranched alkanes of at least 4 members (excludes halogenated alkanes) is 1. The van der Waals surface area contributed by atoms with Crippen LogP contribution in [0.3, 0.4) is 0 Å². The van der Waals surface area contributed by atoms with Gasteiger partial charge in [0.15, 0.2) is 0 Å². The van der Waals surface area contributed by atoms with Crippen molar-refractivity contribution in [2.75, 3.05) is 0 Å². The molecule has 14 heavy (non-hydrogen) atoms. The minimum absolute atomic E-state index is 0.112. The Kier molecular flexibility index (Phi) is 3.44. The minimum Gasteiger partial charge on any atom is -0.387 e. The third-order valence-electron chi connectivity index (χ3n) is 2.99. The normalized spacial score (nSPS) is 31.3. The molecule has 1 rings (SSSR count). The SMILES string of the molecule is CCCC[C@](C)(O)[C@@H]1O[C@H]1[Si](C)(C)C. The fourth-order valence-electron chi connectivity index (χ4n) is 1.92. The summed E-state index contributed by atoms with van der Waals surface area (Å²) in [6.45, 7) is 11.0. The molecule has 0 bridgehead atoms. The molecule has 0 saturated carbocycles. The highest BCUT2D eigenvalue weighted by Crippen LogP contribution is 2.40. The Balaban J connectivity index is 2.44. The summed E-state index contributed by atoms with van der Waals surface area (Å²) in [7, 11) is -1.22. The van der Waals surface area contributed by atoms with Gasteiger partial charge in [-0.1, -0.05) is 39.4 Å². The van der Waals surface area contributed by atoms with Gasteiger partial charge in [-0.15, -0.1) is 0 Å². The van der Waals surface area contributed by atoms with Crippen LogP contribution in [0.15, 0.2) is 0 Å². The zero-order chi connectivity index (χ0) is 11.0. The zero-order valence-corrected chi connectivity index (χ0v) is 11.1. The van der Waals surface area contributed by atoms with E-state index in [1.807, 2.05) is 6.92 Å². The summed E-state index contributed by atoms with van der Waals surface area (Å²) in [6, 6.07) is 0. The van der Waals surface area contributed by atoms with Crippen molar-refractivity contribution in [2.24, 2.45) is 0 Å². The van der Waals surface area contributed by atoms with Crippen molar-refractivity contribution in [3.8, 4) is 0 Å². The molecule has 2 nitrogen and oxygen atoms in total. The van der Waals surface area contributed by atoms with Gasteiger partial charge in [-0.25, -0.2) is 0 Å². The molecule has 0 unspecified atom stereocenters. The van der Waals surface area contributed by atoms with Gasteiger partial charge in [-0.05, 0) is 13.3 Å². The molecular weight excluding hydrogens is 192 g/mol. The Labute approximate surface area is 88.7 Å². The molecular formula is C11H24O2Si. The van der Waals surface area contributed by atoms with Gasteiger partial charge in [0, 0.05) is 0 Å². The summed E-state index contributed by atoms with van der Waals surface area (Å²) >= 11 is 0. The van der Waals surface area contributed by atoms with Gasteiger partial charge < -0.3 is 9.84 Å². The Hall–Kier alpha value is 0.137. The molecule has 0 aliphatic carbocycles. The Morgan fingerprint density at radius 3 is 2.29 bits per heavy atom. The van der Waals surface area contributed by atoms with Crippen LogP contribution in [0.25, 0.3) is 0 Å². The number of aliphatic hydroxyl groups is 1. The lowest BCUT2D eigenvalue weighted by molar-refractivity contribution is 0.0196. The van der Waals surface area contributed by atoms with Crippen LogP contribution in [0, 0.1) is 0 Å². The average Bonchev–Trinajstić information content (AvgIpc) is 2.78. The van der Waals surface area contributed by atoms with Crippen LogP contribution >= 0.6 is 0 Å². The first-order valence-electron chi connectivity index (χ1n) is 5.67. The summed E-state index contributed by atoms with van der Waals surface area (Å²) in [5.41, 5.74) is -0.226. The molecule has 1 aliphatic rings. The Bertz CT molecular complexity index is 196. The van der Waals surface area contributed by atoms with Crippen molar-refractivity contribution < 1.29 is 9.84 Å². The smallest absolute Gasteiger partial charge is 0.109 e. The standard InChI is InChI=1S/C11H24O2Si/c1-6-7-8-11(2,12)9-10(13-9)14(3,4)5/h9-10,12H,6-8H2,1-5H3/t9-,10+,11+/m1/s1. The van der Waals surface area contributed by atoms with E-state index < -0.39 is 13.7 Å². The van der Waals surface area contributed by atoms with Crippen molar-refractivity contribution in [1.29, 1.82) is 0 Å². The second-order valence-corrected chi connectivity index (χ2v) is 11.1. The number of hydrogen-bond acceptors (Lipinski definition) is 2. The first-order chi connectivity index (χ1) is 6.29. The summed E-state index contributed by atoms with van der Waals surface area (Å²) in [5.74, 6) is 0. The summed E-state index contributed by atoms with van der Waals surface area (Å²) in [4.78, 5) is 0. The fourth-order valence-corrected chi connectivity index (χ4v) is 3.74. The molecule has 84 valence electrons. The maximum absolute atomic E-state index is 10.2. The van der Waals surface area contributed by atoms with Gasteiger partial charge in [0.05, 0.1) is 19.4 Å². The van der Waals surface area contributed by atoms with Gasteiger partial charge in [-0.2, -0.15) is 0 Å². The van der Waals surface area contributed by atoms with Gasteiger partial charge in [0.1, 0.15) is 6.10 Å². The third kappa shape index (κ3) is 2.81. The van der Waals surface area contributed by atoms with E-state index >= 15 is 0 Å². The number of hydrogen-bond donors (Lipinski definition) is 1. The largest absolute Gasteiger partial charge is 0.387 e. The molecule has 1 fully saturated rings.